The molecule has 0 aliphatic carbocycles. The van der Waals surface area contributed by atoms with Gasteiger partial charge in [-0.05, 0) is 18.6 Å². The van der Waals surface area contributed by atoms with Crippen molar-refractivity contribution in [2.75, 3.05) is 14.2 Å². The molecular formula is C16H16FNO6S2. The van der Waals surface area contributed by atoms with Gasteiger partial charge in [0.25, 0.3) is 10.0 Å². The lowest BCUT2D eigenvalue weighted by Gasteiger charge is -2.08. The molecule has 0 unspecified atom stereocenters. The second kappa shape index (κ2) is 7.94. The normalized spacial score (nSPS) is 11.2. The zero-order chi connectivity index (χ0) is 19.5. The molecule has 0 fully saturated rings. The maximum atomic E-state index is 13.7. The minimum atomic E-state index is -4.21. The number of thiophene rings is 1. The van der Waals surface area contributed by atoms with E-state index >= 15 is 0 Å². The second-order valence-corrected chi connectivity index (χ2v) is 8.10. The Morgan fingerprint density at radius 1 is 1.15 bits per heavy atom. The van der Waals surface area contributed by atoms with Crippen LogP contribution in [0.1, 0.15) is 31.2 Å². The number of carbonyl (C=O) groups is 2. The summed E-state index contributed by atoms with van der Waals surface area (Å²) in [6.07, 6.45) is 0. The Balaban J connectivity index is 2.46. The predicted octanol–water partition coefficient (Wildman–Crippen LogP) is 2.25. The predicted molar refractivity (Wildman–Crippen MR) is 92.2 cm³/mol. The molecular weight excluding hydrogens is 385 g/mol. The summed E-state index contributed by atoms with van der Waals surface area (Å²) < 4.78 is 50.1. The van der Waals surface area contributed by atoms with Gasteiger partial charge in [-0.3, -0.25) is 0 Å². The van der Waals surface area contributed by atoms with Gasteiger partial charge < -0.3 is 9.47 Å². The van der Waals surface area contributed by atoms with E-state index in [4.69, 9.17) is 0 Å². The van der Waals surface area contributed by atoms with Crippen molar-refractivity contribution in [2.24, 2.45) is 0 Å². The summed E-state index contributed by atoms with van der Waals surface area (Å²) in [6, 6.07) is 5.68. The Kier molecular flexibility index (Phi) is 6.11. The summed E-state index contributed by atoms with van der Waals surface area (Å²) in [5.74, 6) is -2.24. The lowest BCUT2D eigenvalue weighted by atomic mass is 10.2. The van der Waals surface area contributed by atoms with E-state index in [9.17, 15) is 22.4 Å². The highest BCUT2D eigenvalue weighted by Crippen LogP contribution is 2.33. The highest BCUT2D eigenvalue weighted by molar-refractivity contribution is 7.91. The molecule has 1 heterocycles. The third-order valence-corrected chi connectivity index (χ3v) is 6.72. The molecule has 1 aromatic carbocycles. The Labute approximate surface area is 153 Å². The highest BCUT2D eigenvalue weighted by atomic mass is 32.2. The van der Waals surface area contributed by atoms with Crippen LogP contribution in [-0.2, 0) is 26.0 Å². The Morgan fingerprint density at radius 3 is 2.35 bits per heavy atom. The van der Waals surface area contributed by atoms with Gasteiger partial charge in [-0.25, -0.2) is 27.1 Å². The van der Waals surface area contributed by atoms with E-state index in [0.29, 0.717) is 11.3 Å². The fourth-order valence-corrected chi connectivity index (χ4v) is 4.98. The molecule has 0 aliphatic rings. The first-order valence-electron chi connectivity index (χ1n) is 7.26. The monoisotopic (exact) mass is 401 g/mol. The van der Waals surface area contributed by atoms with Crippen molar-refractivity contribution in [3.05, 3.63) is 51.7 Å². The molecule has 0 amide bonds. The first-order valence-corrected chi connectivity index (χ1v) is 9.56. The molecule has 0 spiro atoms. The quantitative estimate of drug-likeness (QED) is 0.746. The molecule has 0 bridgehead atoms. The highest BCUT2D eigenvalue weighted by Gasteiger charge is 2.32. The van der Waals surface area contributed by atoms with E-state index in [0.717, 1.165) is 14.2 Å². The number of halogens is 1. The average Bonchev–Trinajstić information content (AvgIpc) is 2.98. The first-order chi connectivity index (χ1) is 12.2. The summed E-state index contributed by atoms with van der Waals surface area (Å²) in [7, 11) is -1.97. The van der Waals surface area contributed by atoms with Crippen molar-refractivity contribution >= 4 is 33.3 Å². The summed E-state index contributed by atoms with van der Waals surface area (Å²) in [5, 5.41) is 0. The Bertz CT molecular complexity index is 952. The molecule has 0 atom stereocenters. The summed E-state index contributed by atoms with van der Waals surface area (Å²) in [6.45, 7) is 1.10. The van der Waals surface area contributed by atoms with Crippen molar-refractivity contribution in [1.82, 2.24) is 4.72 Å². The van der Waals surface area contributed by atoms with E-state index in [1.165, 1.54) is 25.1 Å². The molecule has 2 rings (SSSR count). The molecule has 2 aromatic rings. The van der Waals surface area contributed by atoms with Crippen molar-refractivity contribution < 1.29 is 31.9 Å². The van der Waals surface area contributed by atoms with Crippen LogP contribution in [0.15, 0.2) is 28.5 Å². The second-order valence-electron chi connectivity index (χ2n) is 5.12. The number of hydrogen-bond acceptors (Lipinski definition) is 7. The fourth-order valence-electron chi connectivity index (χ4n) is 2.18. The molecule has 0 saturated carbocycles. The standard InChI is InChI=1S/C16H16FNO6S2/c1-9-12(14(19)23-2)16(25-13(9)15(20)24-3)26(21,22)18-8-10-6-4-5-7-11(10)17/h4-7,18H,8H2,1-3H3. The van der Waals surface area contributed by atoms with Crippen LogP contribution in [0.2, 0.25) is 0 Å². The summed E-state index contributed by atoms with van der Waals surface area (Å²) in [4.78, 5) is 23.8. The van der Waals surface area contributed by atoms with Crippen LogP contribution in [0.4, 0.5) is 4.39 Å². The van der Waals surface area contributed by atoms with Gasteiger partial charge in [0.15, 0.2) is 4.21 Å². The summed E-state index contributed by atoms with van der Waals surface area (Å²) in [5.41, 5.74) is 0.0241. The molecule has 26 heavy (non-hydrogen) atoms. The van der Waals surface area contributed by atoms with E-state index in [-0.39, 0.29) is 28.1 Å². The van der Waals surface area contributed by atoms with Crippen molar-refractivity contribution in [2.45, 2.75) is 17.7 Å². The maximum absolute atomic E-state index is 13.7. The van der Waals surface area contributed by atoms with Gasteiger partial charge in [0.1, 0.15) is 10.7 Å². The van der Waals surface area contributed by atoms with Crippen molar-refractivity contribution in [3.63, 3.8) is 0 Å². The number of ether oxygens (including phenoxy) is 2. The Morgan fingerprint density at radius 2 is 1.77 bits per heavy atom. The van der Waals surface area contributed by atoms with Crippen LogP contribution in [0.3, 0.4) is 0 Å². The Hall–Kier alpha value is -2.30. The number of rotatable bonds is 6. The lowest BCUT2D eigenvalue weighted by Crippen LogP contribution is -2.24. The molecule has 140 valence electrons. The molecule has 0 aliphatic heterocycles. The first kappa shape index (κ1) is 20.0. The van der Waals surface area contributed by atoms with Crippen molar-refractivity contribution in [1.29, 1.82) is 0 Å². The van der Waals surface area contributed by atoms with Gasteiger partial charge in [0, 0.05) is 12.1 Å². The molecule has 0 saturated heterocycles. The van der Waals surface area contributed by atoms with Gasteiger partial charge >= 0.3 is 11.9 Å². The van der Waals surface area contributed by atoms with E-state index in [1.54, 1.807) is 6.07 Å². The average molecular weight is 401 g/mol. The number of hydrogen-bond donors (Lipinski definition) is 1. The van der Waals surface area contributed by atoms with E-state index in [1.807, 2.05) is 0 Å². The minimum Gasteiger partial charge on any atom is -0.465 e. The van der Waals surface area contributed by atoms with Crippen LogP contribution in [0, 0.1) is 12.7 Å². The molecule has 10 heteroatoms. The van der Waals surface area contributed by atoms with Crippen LogP contribution in [-0.4, -0.2) is 34.6 Å². The van der Waals surface area contributed by atoms with Crippen LogP contribution in [0.5, 0.6) is 0 Å². The van der Waals surface area contributed by atoms with Gasteiger partial charge in [-0.1, -0.05) is 18.2 Å². The van der Waals surface area contributed by atoms with Gasteiger partial charge in [0.2, 0.25) is 0 Å². The maximum Gasteiger partial charge on any atom is 0.348 e. The lowest BCUT2D eigenvalue weighted by molar-refractivity contribution is 0.0596. The number of nitrogens with one attached hydrogen (secondary N) is 1. The largest absolute Gasteiger partial charge is 0.465 e. The SMILES string of the molecule is COC(=O)c1sc(S(=O)(=O)NCc2ccccc2F)c(C(=O)OC)c1C. The topological polar surface area (TPSA) is 98.8 Å². The van der Waals surface area contributed by atoms with E-state index in [2.05, 4.69) is 14.2 Å². The smallest absolute Gasteiger partial charge is 0.348 e. The van der Waals surface area contributed by atoms with Crippen LogP contribution in [0.25, 0.3) is 0 Å². The van der Waals surface area contributed by atoms with Crippen LogP contribution < -0.4 is 4.72 Å². The van der Waals surface area contributed by atoms with E-state index < -0.39 is 32.0 Å². The zero-order valence-corrected chi connectivity index (χ0v) is 15.8. The number of benzene rings is 1. The van der Waals surface area contributed by atoms with Crippen molar-refractivity contribution in [3.8, 4) is 0 Å². The third kappa shape index (κ3) is 3.92. The number of esters is 2. The zero-order valence-electron chi connectivity index (χ0n) is 14.2. The molecule has 0 radical (unpaired) electrons. The third-order valence-electron chi connectivity index (χ3n) is 3.53. The fraction of sp³-hybridized carbons (Fsp3) is 0.250. The number of sulfonamides is 1. The molecule has 7 nitrogen and oxygen atoms in total. The number of carbonyl (C=O) groups excluding carboxylic acids is 2. The molecule has 1 aromatic heterocycles. The van der Waals surface area contributed by atoms with Crippen LogP contribution >= 0.6 is 11.3 Å². The molecule has 1 N–H and O–H groups in total. The van der Waals surface area contributed by atoms with Gasteiger partial charge in [-0.15, -0.1) is 11.3 Å². The number of methoxy groups -OCH3 is 2. The van der Waals surface area contributed by atoms with Gasteiger partial charge in [0.05, 0.1) is 19.8 Å². The summed E-state index contributed by atoms with van der Waals surface area (Å²) >= 11 is 0.589. The van der Waals surface area contributed by atoms with Gasteiger partial charge in [-0.2, -0.15) is 0 Å². The minimum absolute atomic E-state index is 0.0285.